The highest BCUT2D eigenvalue weighted by molar-refractivity contribution is 5.74. The summed E-state index contributed by atoms with van der Waals surface area (Å²) in [7, 11) is 2.02. The smallest absolute Gasteiger partial charge is 0.0958 e. The number of benzene rings is 2. The standard InChI is InChI=1S/C17H19N3/c1-18-15(11-14-7-3-2-4-8-14)12-20-13-19-16-9-5-6-10-17(16)20/h2-10,13,15,18H,11-12H2,1H3. The predicted molar refractivity (Wildman–Crippen MR) is 82.7 cm³/mol. The molecule has 0 aliphatic rings. The molecule has 0 saturated heterocycles. The molecule has 1 heterocycles. The van der Waals surface area contributed by atoms with Gasteiger partial charge in [0.15, 0.2) is 0 Å². The van der Waals surface area contributed by atoms with E-state index in [9.17, 15) is 0 Å². The van der Waals surface area contributed by atoms with Crippen molar-refractivity contribution in [2.24, 2.45) is 0 Å². The lowest BCUT2D eigenvalue weighted by Gasteiger charge is -2.17. The van der Waals surface area contributed by atoms with Gasteiger partial charge in [-0.3, -0.25) is 0 Å². The van der Waals surface area contributed by atoms with Crippen LogP contribution in [0.5, 0.6) is 0 Å². The molecule has 20 heavy (non-hydrogen) atoms. The molecule has 102 valence electrons. The van der Waals surface area contributed by atoms with Crippen molar-refractivity contribution in [3.8, 4) is 0 Å². The summed E-state index contributed by atoms with van der Waals surface area (Å²) in [6, 6.07) is 19.3. The van der Waals surface area contributed by atoms with Gasteiger partial charge in [0.25, 0.3) is 0 Å². The predicted octanol–water partition coefficient (Wildman–Crippen LogP) is 2.87. The van der Waals surface area contributed by atoms with Crippen LogP contribution < -0.4 is 5.32 Å². The van der Waals surface area contributed by atoms with Crippen molar-refractivity contribution in [3.63, 3.8) is 0 Å². The molecular formula is C17H19N3. The third-order valence-corrected chi connectivity index (χ3v) is 3.68. The molecule has 1 atom stereocenters. The van der Waals surface area contributed by atoms with E-state index in [-0.39, 0.29) is 0 Å². The number of para-hydroxylation sites is 2. The van der Waals surface area contributed by atoms with E-state index < -0.39 is 0 Å². The van der Waals surface area contributed by atoms with E-state index in [0.29, 0.717) is 6.04 Å². The molecule has 1 aromatic heterocycles. The first-order valence-electron chi connectivity index (χ1n) is 6.98. The Morgan fingerprint density at radius 1 is 1.05 bits per heavy atom. The Labute approximate surface area is 119 Å². The SMILES string of the molecule is CNC(Cc1ccccc1)Cn1cnc2ccccc21. The van der Waals surface area contributed by atoms with Crippen LogP contribution in [-0.2, 0) is 13.0 Å². The highest BCUT2D eigenvalue weighted by atomic mass is 15.1. The van der Waals surface area contributed by atoms with E-state index in [1.807, 2.05) is 19.4 Å². The summed E-state index contributed by atoms with van der Waals surface area (Å²) >= 11 is 0. The second-order valence-electron chi connectivity index (χ2n) is 5.06. The summed E-state index contributed by atoms with van der Waals surface area (Å²) in [4.78, 5) is 4.45. The van der Waals surface area contributed by atoms with Crippen molar-refractivity contribution < 1.29 is 0 Å². The highest BCUT2D eigenvalue weighted by Gasteiger charge is 2.10. The van der Waals surface area contributed by atoms with Crippen LogP contribution in [0.15, 0.2) is 60.9 Å². The van der Waals surface area contributed by atoms with Crippen LogP contribution >= 0.6 is 0 Å². The third-order valence-electron chi connectivity index (χ3n) is 3.68. The number of imidazole rings is 1. The van der Waals surface area contributed by atoms with Gasteiger partial charge in [0.1, 0.15) is 0 Å². The normalized spacial score (nSPS) is 12.7. The number of likely N-dealkylation sites (N-methyl/N-ethyl adjacent to an activating group) is 1. The Hall–Kier alpha value is -2.13. The quantitative estimate of drug-likeness (QED) is 0.768. The first-order chi connectivity index (χ1) is 9.86. The van der Waals surface area contributed by atoms with Crippen LogP contribution in [0, 0.1) is 0 Å². The van der Waals surface area contributed by atoms with Gasteiger partial charge >= 0.3 is 0 Å². The molecule has 0 aliphatic heterocycles. The fourth-order valence-electron chi connectivity index (χ4n) is 2.55. The third kappa shape index (κ3) is 2.73. The molecule has 0 amide bonds. The largest absolute Gasteiger partial charge is 0.329 e. The molecule has 0 radical (unpaired) electrons. The fourth-order valence-corrected chi connectivity index (χ4v) is 2.55. The molecule has 3 rings (SSSR count). The average molecular weight is 265 g/mol. The lowest BCUT2D eigenvalue weighted by Crippen LogP contribution is -2.32. The molecule has 3 nitrogen and oxygen atoms in total. The van der Waals surface area contributed by atoms with E-state index in [1.54, 1.807) is 0 Å². The summed E-state index contributed by atoms with van der Waals surface area (Å²) < 4.78 is 2.22. The summed E-state index contributed by atoms with van der Waals surface area (Å²) in [6.07, 6.45) is 2.95. The molecule has 2 aromatic carbocycles. The van der Waals surface area contributed by atoms with E-state index in [2.05, 4.69) is 63.4 Å². The molecule has 0 aliphatic carbocycles. The molecule has 0 saturated carbocycles. The van der Waals surface area contributed by atoms with Crippen molar-refractivity contribution >= 4 is 11.0 Å². The Morgan fingerprint density at radius 2 is 1.80 bits per heavy atom. The Kier molecular flexibility index (Phi) is 3.79. The van der Waals surface area contributed by atoms with Crippen LogP contribution in [-0.4, -0.2) is 22.6 Å². The zero-order valence-electron chi connectivity index (χ0n) is 11.7. The van der Waals surface area contributed by atoms with Crippen LogP contribution in [0.1, 0.15) is 5.56 Å². The van der Waals surface area contributed by atoms with Gasteiger partial charge in [-0.25, -0.2) is 4.98 Å². The van der Waals surface area contributed by atoms with E-state index in [4.69, 9.17) is 0 Å². The molecule has 1 unspecified atom stereocenters. The Balaban J connectivity index is 1.78. The molecule has 0 spiro atoms. The van der Waals surface area contributed by atoms with Gasteiger partial charge < -0.3 is 9.88 Å². The van der Waals surface area contributed by atoms with Gasteiger partial charge in [-0.15, -0.1) is 0 Å². The number of nitrogens with one attached hydrogen (secondary N) is 1. The summed E-state index contributed by atoms with van der Waals surface area (Å²) in [5, 5.41) is 3.40. The van der Waals surface area contributed by atoms with Crippen LogP contribution in [0.3, 0.4) is 0 Å². The van der Waals surface area contributed by atoms with Gasteiger partial charge in [0, 0.05) is 12.6 Å². The number of hydrogen-bond donors (Lipinski definition) is 1. The molecule has 0 fully saturated rings. The van der Waals surface area contributed by atoms with Crippen molar-refractivity contribution in [1.82, 2.24) is 14.9 Å². The maximum Gasteiger partial charge on any atom is 0.0958 e. The van der Waals surface area contributed by atoms with Crippen molar-refractivity contribution in [2.75, 3.05) is 7.05 Å². The fraction of sp³-hybridized carbons (Fsp3) is 0.235. The Bertz CT molecular complexity index is 673. The molecular weight excluding hydrogens is 246 g/mol. The first-order valence-corrected chi connectivity index (χ1v) is 6.98. The summed E-state index contributed by atoms with van der Waals surface area (Å²) in [5.41, 5.74) is 3.61. The van der Waals surface area contributed by atoms with Crippen molar-refractivity contribution in [2.45, 2.75) is 19.0 Å². The lowest BCUT2D eigenvalue weighted by atomic mass is 10.1. The minimum Gasteiger partial charge on any atom is -0.329 e. The topological polar surface area (TPSA) is 29.9 Å². The molecule has 3 aromatic rings. The summed E-state index contributed by atoms with van der Waals surface area (Å²) in [6.45, 7) is 0.923. The highest BCUT2D eigenvalue weighted by Crippen LogP contribution is 2.13. The second-order valence-corrected chi connectivity index (χ2v) is 5.06. The van der Waals surface area contributed by atoms with Gasteiger partial charge in [-0.05, 0) is 31.2 Å². The minimum atomic E-state index is 0.398. The Morgan fingerprint density at radius 3 is 2.60 bits per heavy atom. The monoisotopic (exact) mass is 265 g/mol. The number of rotatable bonds is 5. The molecule has 1 N–H and O–H groups in total. The number of hydrogen-bond acceptors (Lipinski definition) is 2. The van der Waals surface area contributed by atoms with Gasteiger partial charge in [0.2, 0.25) is 0 Å². The summed E-state index contributed by atoms with van der Waals surface area (Å²) in [5.74, 6) is 0. The zero-order chi connectivity index (χ0) is 13.8. The van der Waals surface area contributed by atoms with E-state index in [1.165, 1.54) is 11.1 Å². The molecule has 0 bridgehead atoms. The maximum absolute atomic E-state index is 4.45. The van der Waals surface area contributed by atoms with Gasteiger partial charge in [-0.2, -0.15) is 0 Å². The van der Waals surface area contributed by atoms with Gasteiger partial charge in [0.05, 0.1) is 17.4 Å². The lowest BCUT2D eigenvalue weighted by molar-refractivity contribution is 0.485. The zero-order valence-corrected chi connectivity index (χ0v) is 11.7. The van der Waals surface area contributed by atoms with E-state index in [0.717, 1.165) is 18.5 Å². The number of aromatic nitrogens is 2. The number of fused-ring (bicyclic) bond motifs is 1. The average Bonchev–Trinajstić information content (AvgIpc) is 2.91. The first kappa shape index (κ1) is 12.9. The van der Waals surface area contributed by atoms with Crippen LogP contribution in [0.4, 0.5) is 0 Å². The second kappa shape index (κ2) is 5.88. The van der Waals surface area contributed by atoms with Crippen molar-refractivity contribution in [1.29, 1.82) is 0 Å². The van der Waals surface area contributed by atoms with Crippen LogP contribution in [0.25, 0.3) is 11.0 Å². The maximum atomic E-state index is 4.45. The van der Waals surface area contributed by atoms with Crippen LogP contribution in [0.2, 0.25) is 0 Å². The van der Waals surface area contributed by atoms with Crippen molar-refractivity contribution in [3.05, 3.63) is 66.5 Å². The van der Waals surface area contributed by atoms with E-state index >= 15 is 0 Å². The molecule has 3 heteroatoms. The number of nitrogens with zero attached hydrogens (tertiary/aromatic N) is 2. The van der Waals surface area contributed by atoms with Gasteiger partial charge in [-0.1, -0.05) is 42.5 Å². The minimum absolute atomic E-state index is 0.398.